The molecule has 0 bridgehead atoms. The number of carboxylic acids is 1. The van der Waals surface area contributed by atoms with Gasteiger partial charge in [-0.15, -0.1) is 0 Å². The maximum Gasteiger partial charge on any atom is 0.326 e. The molecule has 0 aromatic carbocycles. The molecule has 7 nitrogen and oxygen atoms in total. The van der Waals surface area contributed by atoms with Crippen LogP contribution in [0, 0.1) is 0 Å². The number of hydrogen-bond donors (Lipinski definition) is 1. The second-order valence-electron chi connectivity index (χ2n) is 4.42. The Hall–Kier alpha value is -1.15. The number of nitrogens with zero attached hydrogens (tertiary/aromatic N) is 2. The van der Waals surface area contributed by atoms with Crippen molar-refractivity contribution in [3.63, 3.8) is 0 Å². The Morgan fingerprint density at radius 1 is 1.32 bits per heavy atom. The van der Waals surface area contributed by atoms with Gasteiger partial charge in [-0.25, -0.2) is 17.5 Å². The summed E-state index contributed by atoms with van der Waals surface area (Å²) in [5, 5.41) is 8.98. The van der Waals surface area contributed by atoms with Crippen LogP contribution < -0.4 is 0 Å². The number of rotatable bonds is 6. The minimum atomic E-state index is -3.66. The van der Waals surface area contributed by atoms with E-state index in [-0.39, 0.29) is 0 Å². The van der Waals surface area contributed by atoms with E-state index in [1.54, 1.807) is 13.8 Å². The molecule has 8 heteroatoms. The van der Waals surface area contributed by atoms with E-state index >= 15 is 0 Å². The van der Waals surface area contributed by atoms with Gasteiger partial charge in [0.25, 0.3) is 0 Å². The van der Waals surface area contributed by atoms with E-state index in [1.807, 2.05) is 0 Å². The predicted molar refractivity (Wildman–Crippen MR) is 69.1 cm³/mol. The highest BCUT2D eigenvalue weighted by atomic mass is 32.2. The Morgan fingerprint density at radius 3 is 2.37 bits per heavy atom. The predicted octanol–water partition coefficient (Wildman–Crippen LogP) is -0.266. The summed E-state index contributed by atoms with van der Waals surface area (Å²) < 4.78 is 25.1. The van der Waals surface area contributed by atoms with Crippen molar-refractivity contribution < 1.29 is 23.1 Å². The summed E-state index contributed by atoms with van der Waals surface area (Å²) in [7, 11) is -3.66. The Morgan fingerprint density at radius 2 is 1.89 bits per heavy atom. The first-order valence-electron chi connectivity index (χ1n) is 6.33. The van der Waals surface area contributed by atoms with Gasteiger partial charge in [0.05, 0.1) is 0 Å². The summed E-state index contributed by atoms with van der Waals surface area (Å²) in [6, 6.07) is -0.889. The molecular weight excluding hydrogens is 272 g/mol. The fourth-order valence-electron chi connectivity index (χ4n) is 2.27. The van der Waals surface area contributed by atoms with E-state index in [0.29, 0.717) is 32.5 Å². The Labute approximate surface area is 113 Å². The smallest absolute Gasteiger partial charge is 0.326 e. The fourth-order valence-corrected chi connectivity index (χ4v) is 3.72. The summed E-state index contributed by atoms with van der Waals surface area (Å²) >= 11 is 0. The van der Waals surface area contributed by atoms with Gasteiger partial charge in [-0.05, 0) is 12.8 Å². The van der Waals surface area contributed by atoms with Gasteiger partial charge < -0.3 is 10.0 Å². The van der Waals surface area contributed by atoms with Crippen molar-refractivity contribution in [2.24, 2.45) is 0 Å². The van der Waals surface area contributed by atoms with Crippen molar-refractivity contribution in [1.29, 1.82) is 0 Å². The van der Waals surface area contributed by atoms with Crippen molar-refractivity contribution in [2.45, 2.75) is 32.7 Å². The van der Waals surface area contributed by atoms with Crippen molar-refractivity contribution >= 4 is 21.9 Å². The molecule has 110 valence electrons. The summed E-state index contributed by atoms with van der Waals surface area (Å²) in [5.41, 5.74) is 0. The minimum absolute atomic E-state index is 0.300. The van der Waals surface area contributed by atoms with Crippen LogP contribution in [-0.2, 0) is 19.6 Å². The van der Waals surface area contributed by atoms with E-state index in [9.17, 15) is 18.0 Å². The van der Waals surface area contributed by atoms with Crippen LogP contribution in [0.15, 0.2) is 0 Å². The van der Waals surface area contributed by atoms with Gasteiger partial charge >= 0.3 is 5.97 Å². The van der Waals surface area contributed by atoms with E-state index < -0.39 is 33.7 Å². The molecule has 1 saturated heterocycles. The maximum absolute atomic E-state index is 12.0. The van der Waals surface area contributed by atoms with E-state index in [4.69, 9.17) is 5.11 Å². The molecule has 0 saturated carbocycles. The molecule has 1 heterocycles. The number of carbonyl (C=O) groups is 2. The molecule has 1 fully saturated rings. The second-order valence-corrected chi connectivity index (χ2v) is 6.39. The molecule has 0 aromatic heterocycles. The molecule has 0 aromatic rings. The zero-order valence-electron chi connectivity index (χ0n) is 11.2. The maximum atomic E-state index is 12.0. The van der Waals surface area contributed by atoms with Crippen molar-refractivity contribution in [1.82, 2.24) is 9.21 Å². The normalized spacial score (nSPS) is 19.9. The number of carbonyl (C=O) groups excluding carboxylic acids is 1. The van der Waals surface area contributed by atoms with Gasteiger partial charge in [0.1, 0.15) is 11.8 Å². The highest BCUT2D eigenvalue weighted by molar-refractivity contribution is 7.89. The van der Waals surface area contributed by atoms with Crippen LogP contribution in [0.2, 0.25) is 0 Å². The first-order chi connectivity index (χ1) is 8.83. The van der Waals surface area contributed by atoms with E-state index in [0.717, 1.165) is 4.90 Å². The molecule has 0 unspecified atom stereocenters. The molecule has 0 aliphatic carbocycles. The van der Waals surface area contributed by atoms with Gasteiger partial charge in [-0.3, -0.25) is 4.79 Å². The number of aliphatic carboxylic acids is 1. The second kappa shape index (κ2) is 6.33. The number of carboxylic acid groups (broad SMARTS) is 1. The van der Waals surface area contributed by atoms with Crippen LogP contribution in [0.5, 0.6) is 0 Å². The molecule has 1 amide bonds. The average Bonchev–Trinajstić information content (AvgIpc) is 2.78. The summed E-state index contributed by atoms with van der Waals surface area (Å²) in [5.74, 6) is -2.36. The Balaban J connectivity index is 2.77. The molecule has 19 heavy (non-hydrogen) atoms. The quantitative estimate of drug-likeness (QED) is 0.727. The average molecular weight is 292 g/mol. The Bertz CT molecular complexity index is 444. The van der Waals surface area contributed by atoms with E-state index in [1.165, 1.54) is 4.31 Å². The first-order valence-corrected chi connectivity index (χ1v) is 7.94. The zero-order valence-corrected chi connectivity index (χ0v) is 12.0. The molecule has 1 aliphatic rings. The standard InChI is InChI=1S/C11H20N2O5S/c1-3-12(4-2)19(17,18)8-10(14)13-7-5-6-9(13)11(15)16/h9H,3-8H2,1-2H3,(H,15,16)/t9-/m1/s1. The molecule has 0 radical (unpaired) electrons. The lowest BCUT2D eigenvalue weighted by Gasteiger charge is -2.23. The van der Waals surface area contributed by atoms with Crippen LogP contribution in [0.3, 0.4) is 0 Å². The molecule has 0 spiro atoms. The van der Waals surface area contributed by atoms with Crippen molar-refractivity contribution in [2.75, 3.05) is 25.4 Å². The molecule has 1 rings (SSSR count). The lowest BCUT2D eigenvalue weighted by atomic mass is 10.2. The topological polar surface area (TPSA) is 95.0 Å². The summed E-state index contributed by atoms with van der Waals surface area (Å²) in [4.78, 5) is 24.1. The lowest BCUT2D eigenvalue weighted by molar-refractivity contribution is -0.147. The van der Waals surface area contributed by atoms with Crippen LogP contribution in [0.1, 0.15) is 26.7 Å². The van der Waals surface area contributed by atoms with E-state index in [2.05, 4.69) is 0 Å². The lowest BCUT2D eigenvalue weighted by Crippen LogP contribution is -2.45. The fraction of sp³-hybridized carbons (Fsp3) is 0.818. The number of sulfonamides is 1. The minimum Gasteiger partial charge on any atom is -0.480 e. The van der Waals surface area contributed by atoms with Crippen LogP contribution >= 0.6 is 0 Å². The molecule has 1 atom stereocenters. The number of hydrogen-bond acceptors (Lipinski definition) is 4. The zero-order chi connectivity index (χ0) is 14.6. The first kappa shape index (κ1) is 15.9. The third-order valence-corrected chi connectivity index (χ3v) is 5.18. The van der Waals surface area contributed by atoms with Crippen molar-refractivity contribution in [3.05, 3.63) is 0 Å². The largest absolute Gasteiger partial charge is 0.480 e. The van der Waals surface area contributed by atoms with Gasteiger partial charge in [0, 0.05) is 19.6 Å². The third-order valence-electron chi connectivity index (χ3n) is 3.26. The van der Waals surface area contributed by atoms with Crippen molar-refractivity contribution in [3.8, 4) is 0 Å². The van der Waals surface area contributed by atoms with Crippen LogP contribution in [0.4, 0.5) is 0 Å². The monoisotopic (exact) mass is 292 g/mol. The number of likely N-dealkylation sites (tertiary alicyclic amines) is 1. The Kier molecular flexibility index (Phi) is 5.30. The highest BCUT2D eigenvalue weighted by Crippen LogP contribution is 2.18. The third kappa shape index (κ3) is 3.66. The van der Waals surface area contributed by atoms with Gasteiger partial charge in [0.2, 0.25) is 15.9 Å². The van der Waals surface area contributed by atoms with Crippen LogP contribution in [-0.4, -0.2) is 66.0 Å². The van der Waals surface area contributed by atoms with Crippen LogP contribution in [0.25, 0.3) is 0 Å². The number of amides is 1. The summed E-state index contributed by atoms with van der Waals surface area (Å²) in [6.07, 6.45) is 0.973. The highest BCUT2D eigenvalue weighted by Gasteiger charge is 2.36. The van der Waals surface area contributed by atoms with Gasteiger partial charge in [-0.1, -0.05) is 13.8 Å². The van der Waals surface area contributed by atoms with Gasteiger partial charge in [0.15, 0.2) is 0 Å². The molecular formula is C11H20N2O5S. The SMILES string of the molecule is CCN(CC)S(=O)(=O)CC(=O)N1CCC[C@@H]1C(=O)O. The summed E-state index contributed by atoms with van der Waals surface area (Å²) in [6.45, 7) is 4.30. The van der Waals surface area contributed by atoms with Gasteiger partial charge in [-0.2, -0.15) is 0 Å². The molecule has 1 aliphatic heterocycles. The molecule has 1 N–H and O–H groups in total.